The SMILES string of the molecule is OC1=Cc2ccccc2C1c1ccccc1. The van der Waals surface area contributed by atoms with Crippen molar-refractivity contribution in [3.63, 3.8) is 0 Å². The van der Waals surface area contributed by atoms with E-state index in [1.165, 1.54) is 5.56 Å². The van der Waals surface area contributed by atoms with E-state index in [1.54, 1.807) is 0 Å². The zero-order valence-electron chi connectivity index (χ0n) is 8.80. The zero-order chi connectivity index (χ0) is 11.0. The van der Waals surface area contributed by atoms with Crippen molar-refractivity contribution < 1.29 is 5.11 Å². The van der Waals surface area contributed by atoms with Crippen LogP contribution < -0.4 is 0 Å². The van der Waals surface area contributed by atoms with Crippen LogP contribution in [0.25, 0.3) is 6.08 Å². The van der Waals surface area contributed by atoms with Gasteiger partial charge >= 0.3 is 0 Å². The van der Waals surface area contributed by atoms with Gasteiger partial charge in [0.1, 0.15) is 5.76 Å². The van der Waals surface area contributed by atoms with Crippen molar-refractivity contribution in [3.8, 4) is 0 Å². The first-order chi connectivity index (χ1) is 7.86. The van der Waals surface area contributed by atoms with Crippen molar-refractivity contribution in [1.29, 1.82) is 0 Å². The molecule has 1 aliphatic rings. The average Bonchev–Trinajstić information content (AvgIpc) is 2.66. The molecule has 2 aromatic carbocycles. The average molecular weight is 208 g/mol. The molecule has 0 saturated heterocycles. The molecule has 78 valence electrons. The number of hydrogen-bond acceptors (Lipinski definition) is 1. The van der Waals surface area contributed by atoms with Gasteiger partial charge < -0.3 is 5.11 Å². The van der Waals surface area contributed by atoms with Crippen LogP contribution in [0.5, 0.6) is 0 Å². The fourth-order valence-corrected chi connectivity index (χ4v) is 2.30. The molecule has 1 aliphatic carbocycles. The number of hydrogen-bond donors (Lipinski definition) is 1. The fourth-order valence-electron chi connectivity index (χ4n) is 2.30. The molecule has 0 aliphatic heterocycles. The van der Waals surface area contributed by atoms with Gasteiger partial charge in [0, 0.05) is 0 Å². The number of allylic oxidation sites excluding steroid dienone is 1. The number of aliphatic hydroxyl groups excluding tert-OH is 1. The van der Waals surface area contributed by atoms with Crippen LogP contribution >= 0.6 is 0 Å². The number of aliphatic hydroxyl groups is 1. The first-order valence-electron chi connectivity index (χ1n) is 5.41. The van der Waals surface area contributed by atoms with Gasteiger partial charge in [0.05, 0.1) is 5.92 Å². The second-order valence-electron chi connectivity index (χ2n) is 4.04. The Hall–Kier alpha value is -2.02. The molecule has 1 N–H and O–H groups in total. The predicted octanol–water partition coefficient (Wildman–Crippen LogP) is 3.73. The van der Waals surface area contributed by atoms with Gasteiger partial charge in [-0.15, -0.1) is 0 Å². The van der Waals surface area contributed by atoms with Crippen LogP contribution in [0.15, 0.2) is 60.4 Å². The van der Waals surface area contributed by atoms with E-state index in [1.807, 2.05) is 42.5 Å². The summed E-state index contributed by atoms with van der Waals surface area (Å²) < 4.78 is 0. The summed E-state index contributed by atoms with van der Waals surface area (Å²) in [4.78, 5) is 0. The molecule has 0 amide bonds. The van der Waals surface area contributed by atoms with Gasteiger partial charge in [-0.1, -0.05) is 54.6 Å². The maximum atomic E-state index is 10.0. The Morgan fingerprint density at radius 2 is 1.50 bits per heavy atom. The van der Waals surface area contributed by atoms with Crippen molar-refractivity contribution >= 4 is 6.08 Å². The molecule has 0 radical (unpaired) electrons. The highest BCUT2D eigenvalue weighted by Crippen LogP contribution is 2.39. The second-order valence-corrected chi connectivity index (χ2v) is 4.04. The smallest absolute Gasteiger partial charge is 0.105 e. The summed E-state index contributed by atoms with van der Waals surface area (Å²) in [5, 5.41) is 10.0. The van der Waals surface area contributed by atoms with Gasteiger partial charge in [-0.3, -0.25) is 0 Å². The maximum Gasteiger partial charge on any atom is 0.105 e. The number of rotatable bonds is 1. The topological polar surface area (TPSA) is 20.2 Å². The van der Waals surface area contributed by atoms with Gasteiger partial charge in [0.15, 0.2) is 0 Å². The normalized spacial score (nSPS) is 18.0. The van der Waals surface area contributed by atoms with E-state index < -0.39 is 0 Å². The van der Waals surface area contributed by atoms with Gasteiger partial charge in [-0.25, -0.2) is 0 Å². The first kappa shape index (κ1) is 9.22. The molecule has 1 unspecified atom stereocenters. The Morgan fingerprint density at radius 3 is 2.31 bits per heavy atom. The van der Waals surface area contributed by atoms with E-state index in [0.717, 1.165) is 11.1 Å². The van der Waals surface area contributed by atoms with Crippen LogP contribution in [-0.4, -0.2) is 5.11 Å². The fraction of sp³-hybridized carbons (Fsp3) is 0.0667. The zero-order valence-corrected chi connectivity index (χ0v) is 8.80. The standard InChI is InChI=1S/C15H12O/c16-14-10-12-8-4-5-9-13(12)15(14)11-6-2-1-3-7-11/h1-10,15-16H. The van der Waals surface area contributed by atoms with Crippen molar-refractivity contribution in [2.75, 3.05) is 0 Å². The Labute approximate surface area is 94.7 Å². The van der Waals surface area contributed by atoms with E-state index in [0.29, 0.717) is 5.76 Å². The molecule has 1 atom stereocenters. The Kier molecular flexibility index (Phi) is 2.03. The maximum absolute atomic E-state index is 10.0. The number of fused-ring (bicyclic) bond motifs is 1. The van der Waals surface area contributed by atoms with Gasteiger partial charge in [-0.2, -0.15) is 0 Å². The molecule has 2 aromatic rings. The van der Waals surface area contributed by atoms with Crippen LogP contribution in [0.1, 0.15) is 22.6 Å². The molecule has 0 saturated carbocycles. The minimum Gasteiger partial charge on any atom is -0.511 e. The van der Waals surface area contributed by atoms with Crippen LogP contribution in [-0.2, 0) is 0 Å². The molecule has 3 rings (SSSR count). The summed E-state index contributed by atoms with van der Waals surface area (Å²) in [6, 6.07) is 18.2. The Balaban J connectivity index is 2.14. The molecule has 1 nitrogen and oxygen atoms in total. The minimum atomic E-state index is 0.0115. The van der Waals surface area contributed by atoms with Crippen molar-refractivity contribution in [3.05, 3.63) is 77.0 Å². The largest absolute Gasteiger partial charge is 0.511 e. The molecular formula is C15H12O. The Bertz CT molecular complexity index is 540. The molecule has 0 spiro atoms. The van der Waals surface area contributed by atoms with Gasteiger partial charge in [-0.05, 0) is 22.8 Å². The van der Waals surface area contributed by atoms with Crippen LogP contribution in [0.2, 0.25) is 0 Å². The van der Waals surface area contributed by atoms with Crippen molar-refractivity contribution in [2.24, 2.45) is 0 Å². The number of benzene rings is 2. The monoisotopic (exact) mass is 208 g/mol. The summed E-state index contributed by atoms with van der Waals surface area (Å²) in [6.45, 7) is 0. The van der Waals surface area contributed by atoms with Crippen LogP contribution in [0.4, 0.5) is 0 Å². The van der Waals surface area contributed by atoms with E-state index in [4.69, 9.17) is 0 Å². The predicted molar refractivity (Wildman–Crippen MR) is 65.3 cm³/mol. The Morgan fingerprint density at radius 1 is 0.812 bits per heavy atom. The molecular weight excluding hydrogens is 196 g/mol. The third-order valence-corrected chi connectivity index (χ3v) is 3.04. The van der Waals surface area contributed by atoms with E-state index in [-0.39, 0.29) is 5.92 Å². The highest BCUT2D eigenvalue weighted by Gasteiger charge is 2.25. The molecule has 0 bridgehead atoms. The lowest BCUT2D eigenvalue weighted by Crippen LogP contribution is -2.00. The van der Waals surface area contributed by atoms with E-state index >= 15 is 0 Å². The summed E-state index contributed by atoms with van der Waals surface area (Å²) in [7, 11) is 0. The van der Waals surface area contributed by atoms with Crippen LogP contribution in [0, 0.1) is 0 Å². The molecule has 0 fully saturated rings. The molecule has 0 aromatic heterocycles. The summed E-state index contributed by atoms with van der Waals surface area (Å²) in [5.74, 6) is 0.449. The van der Waals surface area contributed by atoms with Crippen molar-refractivity contribution in [1.82, 2.24) is 0 Å². The third-order valence-electron chi connectivity index (χ3n) is 3.04. The third kappa shape index (κ3) is 1.33. The quantitative estimate of drug-likeness (QED) is 0.757. The lowest BCUT2D eigenvalue weighted by molar-refractivity contribution is 0.391. The summed E-state index contributed by atoms with van der Waals surface area (Å²) in [5.41, 5.74) is 3.45. The summed E-state index contributed by atoms with van der Waals surface area (Å²) in [6.07, 6.45) is 1.85. The van der Waals surface area contributed by atoms with Crippen LogP contribution in [0.3, 0.4) is 0 Å². The molecule has 16 heavy (non-hydrogen) atoms. The second kappa shape index (κ2) is 3.53. The highest BCUT2D eigenvalue weighted by atomic mass is 16.3. The van der Waals surface area contributed by atoms with Gasteiger partial charge in [0.25, 0.3) is 0 Å². The highest BCUT2D eigenvalue weighted by molar-refractivity contribution is 5.67. The molecule has 0 heterocycles. The molecule has 1 heteroatoms. The van der Waals surface area contributed by atoms with E-state index in [9.17, 15) is 5.11 Å². The lowest BCUT2D eigenvalue weighted by Gasteiger charge is -2.13. The lowest BCUT2D eigenvalue weighted by atomic mass is 9.92. The summed E-state index contributed by atoms with van der Waals surface area (Å²) >= 11 is 0. The van der Waals surface area contributed by atoms with Crippen molar-refractivity contribution in [2.45, 2.75) is 5.92 Å². The van der Waals surface area contributed by atoms with Gasteiger partial charge in [0.2, 0.25) is 0 Å². The first-order valence-corrected chi connectivity index (χ1v) is 5.41. The minimum absolute atomic E-state index is 0.0115. The van der Waals surface area contributed by atoms with E-state index in [2.05, 4.69) is 18.2 Å².